The highest BCUT2D eigenvalue weighted by molar-refractivity contribution is 5.93. The van der Waals surface area contributed by atoms with Crippen molar-refractivity contribution in [1.82, 2.24) is 10.3 Å². The Hall–Kier alpha value is -2.16. The summed E-state index contributed by atoms with van der Waals surface area (Å²) in [5, 5.41) is 2.88. The standard InChI is InChI=1S/C15H16N2O/c1-11-8-9-12(2)17-14(11)15(18)16-10-13-6-4-3-5-7-13/h3-9H,10H2,1-2H3,(H,16,18). The number of nitrogens with one attached hydrogen (secondary N) is 1. The molecule has 2 aromatic rings. The third-order valence-electron chi connectivity index (χ3n) is 2.75. The van der Waals surface area contributed by atoms with E-state index in [9.17, 15) is 4.79 Å². The number of aryl methyl sites for hydroxylation is 2. The van der Waals surface area contributed by atoms with Gasteiger partial charge in [-0.3, -0.25) is 4.79 Å². The van der Waals surface area contributed by atoms with E-state index < -0.39 is 0 Å². The van der Waals surface area contributed by atoms with Gasteiger partial charge in [0, 0.05) is 12.2 Å². The van der Waals surface area contributed by atoms with Gasteiger partial charge >= 0.3 is 0 Å². The lowest BCUT2D eigenvalue weighted by Gasteiger charge is -2.07. The average Bonchev–Trinajstić information content (AvgIpc) is 2.40. The first-order valence-corrected chi connectivity index (χ1v) is 5.93. The van der Waals surface area contributed by atoms with E-state index in [1.807, 2.05) is 56.3 Å². The van der Waals surface area contributed by atoms with Crippen molar-refractivity contribution >= 4 is 5.91 Å². The van der Waals surface area contributed by atoms with E-state index in [0.717, 1.165) is 16.8 Å². The van der Waals surface area contributed by atoms with Gasteiger partial charge in [-0.25, -0.2) is 4.98 Å². The highest BCUT2D eigenvalue weighted by Gasteiger charge is 2.10. The van der Waals surface area contributed by atoms with Crippen molar-refractivity contribution in [3.63, 3.8) is 0 Å². The summed E-state index contributed by atoms with van der Waals surface area (Å²) in [6.45, 7) is 4.30. The van der Waals surface area contributed by atoms with Gasteiger partial charge in [0.15, 0.2) is 0 Å². The Bertz CT molecular complexity index is 550. The minimum Gasteiger partial charge on any atom is -0.347 e. The van der Waals surface area contributed by atoms with Crippen LogP contribution in [0.5, 0.6) is 0 Å². The lowest BCUT2D eigenvalue weighted by molar-refractivity contribution is 0.0945. The van der Waals surface area contributed by atoms with Crippen LogP contribution in [0.1, 0.15) is 27.3 Å². The summed E-state index contributed by atoms with van der Waals surface area (Å²) in [6.07, 6.45) is 0. The van der Waals surface area contributed by atoms with Gasteiger partial charge in [-0.1, -0.05) is 36.4 Å². The molecule has 0 bridgehead atoms. The van der Waals surface area contributed by atoms with Gasteiger partial charge in [-0.05, 0) is 31.0 Å². The van der Waals surface area contributed by atoms with Crippen LogP contribution in [-0.2, 0) is 6.54 Å². The SMILES string of the molecule is Cc1ccc(C)c(C(=O)NCc2ccccc2)n1. The molecule has 0 saturated heterocycles. The monoisotopic (exact) mass is 240 g/mol. The number of aromatic nitrogens is 1. The van der Waals surface area contributed by atoms with Gasteiger partial charge in [0.2, 0.25) is 0 Å². The van der Waals surface area contributed by atoms with Gasteiger partial charge < -0.3 is 5.32 Å². The molecule has 18 heavy (non-hydrogen) atoms. The van der Waals surface area contributed by atoms with Gasteiger partial charge in [-0.2, -0.15) is 0 Å². The molecule has 1 aromatic carbocycles. The number of carbonyl (C=O) groups is 1. The van der Waals surface area contributed by atoms with Crippen LogP contribution in [-0.4, -0.2) is 10.9 Å². The summed E-state index contributed by atoms with van der Waals surface area (Å²) in [4.78, 5) is 16.3. The van der Waals surface area contributed by atoms with E-state index in [-0.39, 0.29) is 5.91 Å². The van der Waals surface area contributed by atoms with Crippen LogP contribution in [0.15, 0.2) is 42.5 Å². The fourth-order valence-corrected chi connectivity index (χ4v) is 1.72. The predicted molar refractivity (Wildman–Crippen MR) is 71.3 cm³/mol. The van der Waals surface area contributed by atoms with Crippen molar-refractivity contribution in [3.8, 4) is 0 Å². The molecular weight excluding hydrogens is 224 g/mol. The zero-order chi connectivity index (χ0) is 13.0. The number of benzene rings is 1. The van der Waals surface area contributed by atoms with E-state index in [1.165, 1.54) is 0 Å². The molecule has 0 spiro atoms. The molecule has 0 unspecified atom stereocenters. The zero-order valence-corrected chi connectivity index (χ0v) is 10.6. The quantitative estimate of drug-likeness (QED) is 0.896. The summed E-state index contributed by atoms with van der Waals surface area (Å²) in [6, 6.07) is 13.7. The normalized spacial score (nSPS) is 10.1. The number of hydrogen-bond donors (Lipinski definition) is 1. The fourth-order valence-electron chi connectivity index (χ4n) is 1.72. The molecule has 0 aliphatic carbocycles. The molecule has 0 radical (unpaired) electrons. The van der Waals surface area contributed by atoms with E-state index in [4.69, 9.17) is 0 Å². The van der Waals surface area contributed by atoms with Crippen molar-refractivity contribution in [2.24, 2.45) is 0 Å². The summed E-state index contributed by atoms with van der Waals surface area (Å²) >= 11 is 0. The van der Waals surface area contributed by atoms with Crippen LogP contribution in [0.25, 0.3) is 0 Å². The molecule has 0 atom stereocenters. The summed E-state index contributed by atoms with van der Waals surface area (Å²) < 4.78 is 0. The fraction of sp³-hybridized carbons (Fsp3) is 0.200. The molecule has 92 valence electrons. The Labute approximate surface area is 107 Å². The highest BCUT2D eigenvalue weighted by Crippen LogP contribution is 2.06. The van der Waals surface area contributed by atoms with Crippen LogP contribution in [0, 0.1) is 13.8 Å². The van der Waals surface area contributed by atoms with Crippen molar-refractivity contribution in [1.29, 1.82) is 0 Å². The number of carbonyl (C=O) groups excluding carboxylic acids is 1. The van der Waals surface area contributed by atoms with Gasteiger partial charge in [0.1, 0.15) is 5.69 Å². The number of hydrogen-bond acceptors (Lipinski definition) is 2. The first kappa shape index (κ1) is 12.3. The number of nitrogens with zero attached hydrogens (tertiary/aromatic N) is 1. The number of rotatable bonds is 3. The zero-order valence-electron chi connectivity index (χ0n) is 10.6. The van der Waals surface area contributed by atoms with Gasteiger partial charge in [0.05, 0.1) is 0 Å². The van der Waals surface area contributed by atoms with Crippen LogP contribution < -0.4 is 5.32 Å². The molecule has 0 aliphatic rings. The minimum atomic E-state index is -0.125. The first-order valence-electron chi connectivity index (χ1n) is 5.93. The molecule has 0 saturated carbocycles. The molecule has 0 aliphatic heterocycles. The molecular formula is C15H16N2O. The van der Waals surface area contributed by atoms with Crippen LogP contribution in [0.2, 0.25) is 0 Å². The first-order chi connectivity index (χ1) is 8.66. The number of pyridine rings is 1. The Morgan fingerprint density at radius 3 is 2.56 bits per heavy atom. The maximum absolute atomic E-state index is 12.0. The second kappa shape index (κ2) is 5.45. The second-order valence-electron chi connectivity index (χ2n) is 4.29. The van der Waals surface area contributed by atoms with Crippen molar-refractivity contribution < 1.29 is 4.79 Å². The molecule has 1 aromatic heterocycles. The predicted octanol–water partition coefficient (Wildman–Crippen LogP) is 2.63. The molecule has 1 N–H and O–H groups in total. The molecule has 0 fully saturated rings. The molecule has 1 amide bonds. The van der Waals surface area contributed by atoms with Crippen molar-refractivity contribution in [3.05, 3.63) is 65.0 Å². The third kappa shape index (κ3) is 2.94. The Morgan fingerprint density at radius 2 is 1.83 bits per heavy atom. The summed E-state index contributed by atoms with van der Waals surface area (Å²) in [5.41, 5.74) is 3.33. The average molecular weight is 240 g/mol. The maximum atomic E-state index is 12.0. The van der Waals surface area contributed by atoms with E-state index in [2.05, 4.69) is 10.3 Å². The lowest BCUT2D eigenvalue weighted by Crippen LogP contribution is -2.24. The topological polar surface area (TPSA) is 42.0 Å². The third-order valence-corrected chi connectivity index (χ3v) is 2.75. The van der Waals surface area contributed by atoms with Gasteiger partial charge in [-0.15, -0.1) is 0 Å². The van der Waals surface area contributed by atoms with E-state index in [0.29, 0.717) is 12.2 Å². The Kier molecular flexibility index (Phi) is 3.72. The van der Waals surface area contributed by atoms with Crippen LogP contribution in [0.3, 0.4) is 0 Å². The van der Waals surface area contributed by atoms with E-state index in [1.54, 1.807) is 0 Å². The molecule has 2 rings (SSSR count). The van der Waals surface area contributed by atoms with Crippen molar-refractivity contribution in [2.45, 2.75) is 20.4 Å². The molecule has 3 heteroatoms. The van der Waals surface area contributed by atoms with E-state index >= 15 is 0 Å². The lowest BCUT2D eigenvalue weighted by atomic mass is 10.2. The summed E-state index contributed by atoms with van der Waals surface area (Å²) in [7, 11) is 0. The maximum Gasteiger partial charge on any atom is 0.270 e. The van der Waals surface area contributed by atoms with Crippen LogP contribution >= 0.6 is 0 Å². The highest BCUT2D eigenvalue weighted by atomic mass is 16.1. The molecule has 3 nitrogen and oxygen atoms in total. The largest absolute Gasteiger partial charge is 0.347 e. The molecule has 1 heterocycles. The number of amides is 1. The summed E-state index contributed by atoms with van der Waals surface area (Å²) in [5.74, 6) is -0.125. The smallest absolute Gasteiger partial charge is 0.270 e. The Balaban J connectivity index is 2.06. The Morgan fingerprint density at radius 1 is 1.11 bits per heavy atom. The van der Waals surface area contributed by atoms with Crippen LogP contribution in [0.4, 0.5) is 0 Å². The van der Waals surface area contributed by atoms with Gasteiger partial charge in [0.25, 0.3) is 5.91 Å². The minimum absolute atomic E-state index is 0.125. The van der Waals surface area contributed by atoms with Crippen molar-refractivity contribution in [2.75, 3.05) is 0 Å². The second-order valence-corrected chi connectivity index (χ2v) is 4.29.